The van der Waals surface area contributed by atoms with Crippen LogP contribution in [0, 0.1) is 0 Å². The van der Waals surface area contributed by atoms with Crippen LogP contribution in [0.3, 0.4) is 0 Å². The fourth-order valence-corrected chi connectivity index (χ4v) is 10.3. The summed E-state index contributed by atoms with van der Waals surface area (Å²) in [6, 6.07) is 13.4. The van der Waals surface area contributed by atoms with Gasteiger partial charge in [-0.25, -0.2) is 4.79 Å². The largest absolute Gasteiger partial charge is 0.418 e. The van der Waals surface area contributed by atoms with Crippen LogP contribution in [-0.4, -0.2) is 151 Å². The number of hydrogen-bond donors (Lipinski definition) is 1. The molecule has 3 saturated heterocycles. The number of likely N-dealkylation sites (tertiary alicyclic amines) is 1. The van der Waals surface area contributed by atoms with E-state index in [-0.39, 0.29) is 48.0 Å². The van der Waals surface area contributed by atoms with Gasteiger partial charge >= 0.3 is 11.9 Å². The molecule has 3 amide bonds. The molecule has 2 aliphatic carbocycles. The molecule has 2 atom stereocenters. The van der Waals surface area contributed by atoms with Gasteiger partial charge in [-0.1, -0.05) is 80.3 Å². The summed E-state index contributed by atoms with van der Waals surface area (Å²) in [5.74, 6) is -1.33. The Hall–Kier alpha value is -6.74. The number of pyridine rings is 1. The Morgan fingerprint density at radius 1 is 0.883 bits per heavy atom. The lowest BCUT2D eigenvalue weighted by Gasteiger charge is -2.38. The van der Waals surface area contributed by atoms with Gasteiger partial charge in [-0.15, -0.1) is 5.10 Å². The van der Waals surface area contributed by atoms with Crippen molar-refractivity contribution in [1.82, 2.24) is 33.9 Å². The highest BCUT2D eigenvalue weighted by molar-refractivity contribution is 6.09. The number of imide groups is 1. The van der Waals surface area contributed by atoms with Crippen LogP contribution in [0.15, 0.2) is 99.7 Å². The van der Waals surface area contributed by atoms with Crippen molar-refractivity contribution in [3.63, 3.8) is 0 Å². The summed E-state index contributed by atoms with van der Waals surface area (Å²) < 4.78 is 58.2. The predicted octanol–water partition coefficient (Wildman–Crippen LogP) is 7.28. The highest BCUT2D eigenvalue weighted by atomic mass is 19.4. The zero-order chi connectivity index (χ0) is 54.5. The average Bonchev–Trinajstić information content (AvgIpc) is 3.78. The third-order valence-corrected chi connectivity index (χ3v) is 15.1. The number of piperazine rings is 1. The lowest BCUT2D eigenvalue weighted by atomic mass is 10.00. The van der Waals surface area contributed by atoms with Gasteiger partial charge in [-0.2, -0.15) is 18.3 Å². The van der Waals surface area contributed by atoms with E-state index in [0.29, 0.717) is 82.9 Å². The van der Waals surface area contributed by atoms with Gasteiger partial charge in [0.25, 0.3) is 5.91 Å². The summed E-state index contributed by atoms with van der Waals surface area (Å²) in [5, 5.41) is 9.54. The van der Waals surface area contributed by atoms with Gasteiger partial charge < -0.3 is 24.2 Å². The summed E-state index contributed by atoms with van der Waals surface area (Å²) in [4.78, 5) is 73.6. The molecule has 17 nitrogen and oxygen atoms in total. The number of nitrogens with zero attached hydrogens (tertiary/aromatic N) is 9. The molecule has 1 saturated carbocycles. The molecule has 1 N–H and O–H groups in total. The van der Waals surface area contributed by atoms with Gasteiger partial charge in [0, 0.05) is 104 Å². The molecular formula is C57H71F3N10O7. The number of nitrogens with one attached hydrogen (secondary N) is 1. The van der Waals surface area contributed by atoms with Gasteiger partial charge in [-0.3, -0.25) is 43.3 Å². The Morgan fingerprint density at radius 3 is 2.26 bits per heavy atom. The van der Waals surface area contributed by atoms with Crippen molar-refractivity contribution in [2.75, 3.05) is 78.0 Å². The van der Waals surface area contributed by atoms with E-state index in [0.717, 1.165) is 53.6 Å². The lowest BCUT2D eigenvalue weighted by molar-refractivity contribution is -0.137. The van der Waals surface area contributed by atoms with Gasteiger partial charge in [0.15, 0.2) is 6.29 Å². The number of fused-ring (bicyclic) bond motifs is 1. The molecule has 77 heavy (non-hydrogen) atoms. The van der Waals surface area contributed by atoms with Crippen LogP contribution >= 0.6 is 0 Å². The Morgan fingerprint density at radius 2 is 1.58 bits per heavy atom. The first-order valence-electron chi connectivity index (χ1n) is 26.7. The highest BCUT2D eigenvalue weighted by Crippen LogP contribution is 2.35. The van der Waals surface area contributed by atoms with Crippen LogP contribution in [0.2, 0.25) is 0 Å². The normalized spacial score (nSPS) is 19.6. The van der Waals surface area contributed by atoms with E-state index in [2.05, 4.69) is 61.2 Å². The van der Waals surface area contributed by atoms with E-state index >= 15 is 0 Å². The Bertz CT molecular complexity index is 2860. The first-order chi connectivity index (χ1) is 37.2. The van der Waals surface area contributed by atoms with Crippen LogP contribution in [0.25, 0.3) is 5.52 Å². The number of hydrogen-bond acceptors (Lipinski definition) is 12. The number of carbonyl (C=O) groups is 4. The van der Waals surface area contributed by atoms with Crippen molar-refractivity contribution in [3.05, 3.63) is 129 Å². The van der Waals surface area contributed by atoms with E-state index < -0.39 is 41.3 Å². The standard InChI is InChI=1S/C53H63F3N10O7.C4H8/c1-57-58-36-60(2)19-16-37-6-4-8-42(28-37)65-33-47-44(53(54,55)56)29-40(32-66(47)52(65)71)31-62-20-17-43(18-21-62)73-27-26-72-35-39-12-10-38(11-13-39)30-63-22-24-64(25-23-63)45-9-5-7-41(34-67)49(45)51(70)61(3)46-14-15-48(68)59-50(46)69;1-2-4-3-1/h4-7,9-13,28-29,32-34,36,42-43,46H,1,8,14-27,30-31,35H2,2-3H3,(H,59,68,69);1-4H2/b58-36-;. The number of carbonyl (C=O) groups excluding carboxylic acids is 4. The third-order valence-electron chi connectivity index (χ3n) is 15.1. The molecule has 3 aliphatic heterocycles. The number of amides is 3. The molecule has 2 aromatic carbocycles. The van der Waals surface area contributed by atoms with Crippen molar-refractivity contribution in [2.24, 2.45) is 10.2 Å². The maximum Gasteiger partial charge on any atom is 0.418 e. The van der Waals surface area contributed by atoms with Gasteiger partial charge in [0.05, 0.1) is 54.3 Å². The van der Waals surface area contributed by atoms with E-state index in [4.69, 9.17) is 9.47 Å². The van der Waals surface area contributed by atoms with E-state index in [1.165, 1.54) is 54.5 Å². The van der Waals surface area contributed by atoms with Crippen molar-refractivity contribution >= 4 is 48.3 Å². The Balaban J connectivity index is 0.00000187. The number of anilines is 1. The first-order valence-corrected chi connectivity index (χ1v) is 26.7. The van der Waals surface area contributed by atoms with Crippen LogP contribution in [0.5, 0.6) is 0 Å². The maximum atomic E-state index is 14.5. The summed E-state index contributed by atoms with van der Waals surface area (Å²) in [7, 11) is 3.38. The number of alkyl halides is 3. The van der Waals surface area contributed by atoms with Crippen LogP contribution in [0.1, 0.15) is 113 Å². The highest BCUT2D eigenvalue weighted by Gasteiger charge is 2.37. The topological polar surface area (TPSA) is 166 Å². The number of halogens is 3. The number of imidazole rings is 1. The quantitative estimate of drug-likeness (QED) is 0.0236. The number of rotatable bonds is 20. The summed E-state index contributed by atoms with van der Waals surface area (Å²) in [5.41, 5.74) is 3.20. The fourth-order valence-electron chi connectivity index (χ4n) is 10.3. The minimum absolute atomic E-state index is 0.00351. The van der Waals surface area contributed by atoms with Crippen molar-refractivity contribution in [3.8, 4) is 0 Å². The molecule has 4 fully saturated rings. The summed E-state index contributed by atoms with van der Waals surface area (Å²) >= 11 is 0. The summed E-state index contributed by atoms with van der Waals surface area (Å²) in [6.07, 6.45) is 15.2. The van der Waals surface area contributed by atoms with Crippen molar-refractivity contribution < 1.29 is 41.8 Å². The number of benzene rings is 2. The van der Waals surface area contributed by atoms with Crippen LogP contribution in [-0.2, 0) is 44.9 Å². The first kappa shape index (κ1) is 56.5. The van der Waals surface area contributed by atoms with Gasteiger partial charge in [0.1, 0.15) is 12.4 Å². The molecule has 5 heterocycles. The second kappa shape index (κ2) is 26.5. The number of piperidine rings is 2. The van der Waals surface area contributed by atoms with Gasteiger partial charge in [0.2, 0.25) is 11.8 Å². The smallest absolute Gasteiger partial charge is 0.376 e. The average molecular weight is 1070 g/mol. The zero-order valence-electron chi connectivity index (χ0n) is 44.2. The second-order valence-corrected chi connectivity index (χ2v) is 20.5. The molecule has 5 aliphatic rings. The molecule has 0 radical (unpaired) electrons. The molecule has 2 aromatic heterocycles. The monoisotopic (exact) mass is 1060 g/mol. The molecule has 9 rings (SSSR count). The maximum absolute atomic E-state index is 14.5. The minimum Gasteiger partial charge on any atom is -0.376 e. The Labute approximate surface area is 447 Å². The van der Waals surface area contributed by atoms with Gasteiger partial charge in [-0.05, 0) is 66.5 Å². The number of aromatic nitrogens is 2. The SMILES string of the molecule is C1CCC1.C=N/N=C\N(C)CCC1=CC(n2cc3c(C(F)(F)F)cc(CN4CCC(OCCOCc5ccc(CN6CCN(c7cccc(C=O)c7C(=O)N(C)C7CCC(=O)NC7=O)CC6)cc5)CC4)cn3c2=O)CC=C1. The molecule has 2 unspecified atom stereocenters. The Kier molecular flexibility index (Phi) is 19.5. The number of allylic oxidation sites excluding steroid dienone is 3. The lowest BCUT2D eigenvalue weighted by Crippen LogP contribution is -2.53. The predicted molar refractivity (Wildman–Crippen MR) is 289 cm³/mol. The van der Waals surface area contributed by atoms with E-state index in [1.54, 1.807) is 24.7 Å². The molecule has 4 aromatic rings. The van der Waals surface area contributed by atoms with E-state index in [9.17, 15) is 37.1 Å². The number of aldehydes is 1. The van der Waals surface area contributed by atoms with Crippen molar-refractivity contribution in [1.29, 1.82) is 0 Å². The second-order valence-electron chi connectivity index (χ2n) is 20.5. The molecule has 0 spiro atoms. The molecule has 412 valence electrons. The van der Waals surface area contributed by atoms with Crippen LogP contribution < -0.4 is 15.9 Å². The molecule has 0 bridgehead atoms. The number of likely N-dealkylation sites (N-methyl/N-ethyl adjacent to an activating group) is 1. The fraction of sp³-hybridized carbons (Fsp3) is 0.491. The van der Waals surface area contributed by atoms with Crippen LogP contribution in [0.4, 0.5) is 18.9 Å². The van der Waals surface area contributed by atoms with E-state index in [1.807, 2.05) is 36.2 Å². The molecular weight excluding hydrogens is 994 g/mol. The number of ether oxygens (including phenoxy) is 2. The third kappa shape index (κ3) is 14.8. The summed E-state index contributed by atoms with van der Waals surface area (Å²) in [6.45, 7) is 10.2. The minimum atomic E-state index is -4.65. The van der Waals surface area contributed by atoms with Crippen molar-refractivity contribution in [2.45, 2.75) is 108 Å². The zero-order valence-corrected chi connectivity index (χ0v) is 44.2. The molecule has 20 heteroatoms.